The van der Waals surface area contributed by atoms with Crippen LogP contribution in [0.2, 0.25) is 0 Å². The van der Waals surface area contributed by atoms with Crippen LogP contribution in [0.3, 0.4) is 0 Å². The lowest BCUT2D eigenvalue weighted by Gasteiger charge is -2.25. The number of benzene rings is 2. The Morgan fingerprint density at radius 1 is 1.14 bits per heavy atom. The molecule has 2 aromatic carbocycles. The molecule has 8 heteroatoms. The summed E-state index contributed by atoms with van der Waals surface area (Å²) in [5.41, 5.74) is -0.337. The summed E-state index contributed by atoms with van der Waals surface area (Å²) in [6.07, 6.45) is 0.264. The highest BCUT2D eigenvalue weighted by Crippen LogP contribution is 2.32. The number of urea groups is 1. The summed E-state index contributed by atoms with van der Waals surface area (Å²) in [7, 11) is 1.53. The summed E-state index contributed by atoms with van der Waals surface area (Å²) < 4.78 is 18.3. The summed E-state index contributed by atoms with van der Waals surface area (Å²) >= 11 is 0. The summed E-state index contributed by atoms with van der Waals surface area (Å²) in [6, 6.07) is 11.4. The van der Waals surface area contributed by atoms with Gasteiger partial charge in [0.1, 0.15) is 23.7 Å². The van der Waals surface area contributed by atoms with E-state index in [4.69, 9.17) is 4.74 Å². The highest BCUT2D eigenvalue weighted by Gasteiger charge is 2.51. The number of methoxy groups -OCH3 is 1. The lowest BCUT2D eigenvalue weighted by molar-refractivity contribution is -0.134. The van der Waals surface area contributed by atoms with E-state index < -0.39 is 35.7 Å². The summed E-state index contributed by atoms with van der Waals surface area (Å²) in [4.78, 5) is 38.6. The van der Waals surface area contributed by atoms with Gasteiger partial charge in [-0.05, 0) is 48.4 Å². The first kappa shape index (κ1) is 19.3. The smallest absolute Gasteiger partial charge is 0.325 e. The third-order valence-electron chi connectivity index (χ3n) is 4.72. The second-order valence-electron chi connectivity index (χ2n) is 6.36. The first-order valence-electron chi connectivity index (χ1n) is 8.73. The maximum absolute atomic E-state index is 13.2. The Morgan fingerprint density at radius 3 is 2.36 bits per heavy atom. The first-order valence-corrected chi connectivity index (χ1v) is 8.73. The molecule has 1 aliphatic heterocycles. The van der Waals surface area contributed by atoms with Crippen LogP contribution >= 0.6 is 0 Å². The quantitative estimate of drug-likeness (QED) is 0.749. The number of carbonyl (C=O) groups is 3. The van der Waals surface area contributed by atoms with Crippen LogP contribution in [-0.2, 0) is 15.1 Å². The molecule has 7 nitrogen and oxygen atoms in total. The molecule has 0 aromatic heterocycles. The molecule has 28 heavy (non-hydrogen) atoms. The zero-order valence-corrected chi connectivity index (χ0v) is 15.5. The van der Waals surface area contributed by atoms with Crippen molar-refractivity contribution in [2.75, 3.05) is 19.0 Å². The highest BCUT2D eigenvalue weighted by molar-refractivity contribution is 6.10. The summed E-state index contributed by atoms with van der Waals surface area (Å²) in [5.74, 6) is -0.863. The lowest BCUT2D eigenvalue weighted by atomic mass is 9.87. The molecule has 2 N–H and O–H groups in total. The van der Waals surface area contributed by atoms with Gasteiger partial charge in [0.2, 0.25) is 5.91 Å². The van der Waals surface area contributed by atoms with Crippen molar-refractivity contribution in [1.29, 1.82) is 0 Å². The van der Waals surface area contributed by atoms with Gasteiger partial charge >= 0.3 is 6.03 Å². The van der Waals surface area contributed by atoms with Crippen LogP contribution < -0.4 is 15.4 Å². The number of rotatable bonds is 6. The van der Waals surface area contributed by atoms with Crippen molar-refractivity contribution in [3.05, 3.63) is 59.9 Å². The summed E-state index contributed by atoms with van der Waals surface area (Å²) in [6.45, 7) is 1.31. The van der Waals surface area contributed by atoms with Crippen molar-refractivity contribution in [2.24, 2.45) is 0 Å². The fraction of sp³-hybridized carbons (Fsp3) is 0.250. The third kappa shape index (κ3) is 3.53. The molecule has 0 radical (unpaired) electrons. The second-order valence-corrected chi connectivity index (χ2v) is 6.36. The fourth-order valence-corrected chi connectivity index (χ4v) is 3.16. The van der Waals surface area contributed by atoms with E-state index >= 15 is 0 Å². The van der Waals surface area contributed by atoms with E-state index in [1.165, 1.54) is 31.4 Å². The zero-order valence-electron chi connectivity index (χ0n) is 15.5. The van der Waals surface area contributed by atoms with Crippen LogP contribution in [0, 0.1) is 5.82 Å². The van der Waals surface area contributed by atoms with Crippen LogP contribution in [0.1, 0.15) is 18.9 Å². The number of nitrogens with zero attached hydrogens (tertiary/aromatic N) is 1. The van der Waals surface area contributed by atoms with Gasteiger partial charge in [0, 0.05) is 5.69 Å². The second kappa shape index (κ2) is 7.67. The Bertz CT molecular complexity index is 899. The predicted molar refractivity (Wildman–Crippen MR) is 100 cm³/mol. The van der Waals surface area contributed by atoms with E-state index in [1.807, 2.05) is 0 Å². The maximum Gasteiger partial charge on any atom is 0.325 e. The van der Waals surface area contributed by atoms with Gasteiger partial charge in [-0.3, -0.25) is 14.5 Å². The van der Waals surface area contributed by atoms with E-state index in [1.54, 1.807) is 31.2 Å². The van der Waals surface area contributed by atoms with Crippen molar-refractivity contribution in [3.8, 4) is 5.75 Å². The molecule has 1 fully saturated rings. The molecule has 4 amide bonds. The molecule has 3 rings (SSSR count). The van der Waals surface area contributed by atoms with Crippen molar-refractivity contribution in [3.63, 3.8) is 0 Å². The van der Waals surface area contributed by atoms with Gasteiger partial charge < -0.3 is 15.4 Å². The standard InChI is InChI=1S/C20H20FN3O4/c1-3-20(13-4-6-14(21)7-5-13)18(26)24(19(27)23-20)12-17(25)22-15-8-10-16(28-2)11-9-15/h4-11H,3,12H2,1-2H3,(H,22,25)(H,23,27). The number of nitrogens with one attached hydrogen (secondary N) is 2. The monoisotopic (exact) mass is 385 g/mol. The number of hydrogen-bond donors (Lipinski definition) is 2. The largest absolute Gasteiger partial charge is 0.497 e. The number of carbonyl (C=O) groups excluding carboxylic acids is 3. The minimum Gasteiger partial charge on any atom is -0.497 e. The zero-order chi connectivity index (χ0) is 20.3. The Labute approximate surface area is 161 Å². The average molecular weight is 385 g/mol. The molecule has 1 unspecified atom stereocenters. The molecule has 0 saturated carbocycles. The van der Waals surface area contributed by atoms with Crippen molar-refractivity contribution in [2.45, 2.75) is 18.9 Å². The van der Waals surface area contributed by atoms with Crippen molar-refractivity contribution in [1.82, 2.24) is 10.2 Å². The average Bonchev–Trinajstić information content (AvgIpc) is 2.94. The van der Waals surface area contributed by atoms with Gasteiger partial charge in [0.25, 0.3) is 5.91 Å². The molecule has 1 aliphatic rings. The van der Waals surface area contributed by atoms with Crippen LogP contribution in [0.15, 0.2) is 48.5 Å². The van der Waals surface area contributed by atoms with Gasteiger partial charge in [-0.1, -0.05) is 19.1 Å². The van der Waals surface area contributed by atoms with E-state index in [-0.39, 0.29) is 6.42 Å². The number of halogens is 1. The number of amides is 4. The third-order valence-corrected chi connectivity index (χ3v) is 4.72. The SMILES string of the molecule is CCC1(c2ccc(F)cc2)NC(=O)N(CC(=O)Nc2ccc(OC)cc2)C1=O. The normalized spacial score (nSPS) is 18.8. The number of hydrogen-bond acceptors (Lipinski definition) is 4. The Kier molecular flexibility index (Phi) is 5.30. The molecule has 1 atom stereocenters. The van der Waals surface area contributed by atoms with Gasteiger partial charge in [-0.15, -0.1) is 0 Å². The number of ether oxygens (including phenoxy) is 1. The minimum atomic E-state index is -1.31. The Balaban J connectivity index is 1.75. The molecular weight excluding hydrogens is 365 g/mol. The molecule has 0 bridgehead atoms. The summed E-state index contributed by atoms with van der Waals surface area (Å²) in [5, 5.41) is 5.29. The number of anilines is 1. The molecule has 146 valence electrons. The molecule has 0 aliphatic carbocycles. The number of imide groups is 1. The van der Waals surface area contributed by atoms with Crippen molar-refractivity contribution >= 4 is 23.5 Å². The Morgan fingerprint density at radius 2 is 1.79 bits per heavy atom. The molecule has 0 spiro atoms. The topological polar surface area (TPSA) is 87.7 Å². The maximum atomic E-state index is 13.2. The van der Waals surface area contributed by atoms with E-state index in [0.717, 1.165) is 4.90 Å². The van der Waals surface area contributed by atoms with E-state index in [2.05, 4.69) is 10.6 Å². The van der Waals surface area contributed by atoms with Crippen LogP contribution in [-0.4, -0.2) is 36.4 Å². The van der Waals surface area contributed by atoms with Crippen LogP contribution in [0.5, 0.6) is 5.75 Å². The minimum absolute atomic E-state index is 0.264. The fourth-order valence-electron chi connectivity index (χ4n) is 3.16. The van der Waals surface area contributed by atoms with Gasteiger partial charge in [-0.2, -0.15) is 0 Å². The molecular formula is C20H20FN3O4. The highest BCUT2D eigenvalue weighted by atomic mass is 19.1. The van der Waals surface area contributed by atoms with Crippen LogP contribution in [0.4, 0.5) is 14.9 Å². The van der Waals surface area contributed by atoms with Crippen LogP contribution in [0.25, 0.3) is 0 Å². The van der Waals surface area contributed by atoms with E-state index in [0.29, 0.717) is 17.0 Å². The predicted octanol–water partition coefficient (Wildman–Crippen LogP) is 2.63. The molecule has 1 heterocycles. The van der Waals surface area contributed by atoms with E-state index in [9.17, 15) is 18.8 Å². The lowest BCUT2D eigenvalue weighted by Crippen LogP contribution is -2.44. The van der Waals surface area contributed by atoms with Crippen molar-refractivity contribution < 1.29 is 23.5 Å². The van der Waals surface area contributed by atoms with Gasteiger partial charge in [0.15, 0.2) is 0 Å². The van der Waals surface area contributed by atoms with Gasteiger partial charge in [-0.25, -0.2) is 9.18 Å². The molecule has 2 aromatic rings. The Hall–Kier alpha value is -3.42. The first-order chi connectivity index (χ1) is 13.4. The van der Waals surface area contributed by atoms with Gasteiger partial charge in [0.05, 0.1) is 7.11 Å². The molecule has 1 saturated heterocycles.